The summed E-state index contributed by atoms with van der Waals surface area (Å²) < 4.78 is 5.20. The monoisotopic (exact) mass is 235 g/mol. The molecule has 0 spiro atoms. The van der Waals surface area contributed by atoms with Gasteiger partial charge in [0.2, 0.25) is 0 Å². The second kappa shape index (κ2) is 4.53. The molecule has 0 aromatic carbocycles. The van der Waals surface area contributed by atoms with Gasteiger partial charge in [0.25, 0.3) is 5.91 Å². The minimum absolute atomic E-state index is 0.0366. The first-order chi connectivity index (χ1) is 7.66. The average molecular weight is 235 g/mol. The summed E-state index contributed by atoms with van der Waals surface area (Å²) in [5.41, 5.74) is 0. The fourth-order valence-corrected chi connectivity index (χ4v) is 2.31. The van der Waals surface area contributed by atoms with Crippen LogP contribution in [0.1, 0.15) is 20.3 Å². The normalized spacial score (nSPS) is 10.4. The van der Waals surface area contributed by atoms with Crippen molar-refractivity contribution in [2.75, 3.05) is 7.05 Å². The van der Waals surface area contributed by atoms with Gasteiger partial charge < -0.3 is 9.32 Å². The number of nitrogens with zero attached hydrogens (tertiary/aromatic N) is 1. The molecule has 0 fully saturated rings. The zero-order valence-corrected chi connectivity index (χ0v) is 10.1. The molecule has 3 nitrogen and oxygen atoms in total. The number of amides is 1. The Morgan fingerprint density at radius 3 is 2.81 bits per heavy atom. The van der Waals surface area contributed by atoms with Gasteiger partial charge in [-0.15, -0.1) is 11.3 Å². The van der Waals surface area contributed by atoms with Gasteiger partial charge in [-0.25, -0.2) is 0 Å². The molecule has 4 heteroatoms. The van der Waals surface area contributed by atoms with Gasteiger partial charge in [-0.1, -0.05) is 0 Å². The van der Waals surface area contributed by atoms with Crippen LogP contribution in [0.4, 0.5) is 0 Å². The summed E-state index contributed by atoms with van der Waals surface area (Å²) in [6.45, 7) is 2.50. The molecule has 0 aliphatic carbocycles. The van der Waals surface area contributed by atoms with Crippen LogP contribution < -0.4 is 0 Å². The summed E-state index contributed by atoms with van der Waals surface area (Å²) in [6.07, 6.45) is 1.61. The predicted molar refractivity (Wildman–Crippen MR) is 63.6 cm³/mol. The van der Waals surface area contributed by atoms with E-state index >= 15 is 0 Å². The number of carbonyl (C=O) groups is 1. The quantitative estimate of drug-likeness (QED) is 0.819. The van der Waals surface area contributed by atoms with Crippen LogP contribution in [0.5, 0.6) is 0 Å². The molecule has 0 N–H and O–H groups in total. The zero-order valence-electron chi connectivity index (χ0n) is 9.27. The largest absolute Gasteiger partial charge is 0.467 e. The van der Waals surface area contributed by atoms with Crippen LogP contribution in [0.25, 0.3) is 0 Å². The van der Waals surface area contributed by atoms with Crippen LogP contribution in [0.15, 0.2) is 34.9 Å². The Bertz CT molecular complexity index is 473. The van der Waals surface area contributed by atoms with Gasteiger partial charge in [-0.3, -0.25) is 4.79 Å². The molecule has 2 aromatic heterocycles. The van der Waals surface area contributed by atoms with Crippen LogP contribution in [0.3, 0.4) is 0 Å². The molecule has 0 saturated carbocycles. The molecule has 84 valence electrons. The maximum absolute atomic E-state index is 12.0. The maximum atomic E-state index is 12.0. The molecule has 0 aliphatic heterocycles. The maximum Gasteiger partial charge on any atom is 0.264 e. The van der Waals surface area contributed by atoms with Gasteiger partial charge in [0.15, 0.2) is 0 Å². The summed E-state index contributed by atoms with van der Waals surface area (Å²) in [6, 6.07) is 7.51. The fraction of sp³-hybridized carbons (Fsp3) is 0.250. The number of hydrogen-bond acceptors (Lipinski definition) is 3. The number of furan rings is 1. The zero-order chi connectivity index (χ0) is 11.5. The van der Waals surface area contributed by atoms with Crippen LogP contribution in [0.2, 0.25) is 0 Å². The molecule has 0 radical (unpaired) electrons. The third-order valence-corrected chi connectivity index (χ3v) is 3.26. The van der Waals surface area contributed by atoms with Gasteiger partial charge in [0.1, 0.15) is 5.76 Å². The smallest absolute Gasteiger partial charge is 0.264 e. The van der Waals surface area contributed by atoms with Gasteiger partial charge in [0, 0.05) is 11.9 Å². The molecule has 2 aromatic rings. The summed E-state index contributed by atoms with van der Waals surface area (Å²) in [5.74, 6) is 0.832. The molecule has 16 heavy (non-hydrogen) atoms. The molecule has 2 heterocycles. The Kier molecular flexibility index (Phi) is 3.10. The highest BCUT2D eigenvalue weighted by Crippen LogP contribution is 2.17. The predicted octanol–water partition coefficient (Wildman–Crippen LogP) is 2.92. The van der Waals surface area contributed by atoms with E-state index < -0.39 is 0 Å². The average Bonchev–Trinajstić information content (AvgIpc) is 2.88. The van der Waals surface area contributed by atoms with E-state index in [2.05, 4.69) is 0 Å². The second-order valence-electron chi connectivity index (χ2n) is 3.65. The lowest BCUT2D eigenvalue weighted by Gasteiger charge is -2.14. The highest BCUT2D eigenvalue weighted by Gasteiger charge is 2.14. The summed E-state index contributed by atoms with van der Waals surface area (Å²) in [7, 11) is 1.78. The minimum Gasteiger partial charge on any atom is -0.467 e. The lowest BCUT2D eigenvalue weighted by molar-refractivity contribution is 0.0780. The lowest BCUT2D eigenvalue weighted by Crippen LogP contribution is -2.25. The molecule has 0 unspecified atom stereocenters. The lowest BCUT2D eigenvalue weighted by atomic mass is 10.3. The summed E-state index contributed by atoms with van der Waals surface area (Å²) in [4.78, 5) is 15.6. The van der Waals surface area contributed by atoms with Gasteiger partial charge in [-0.05, 0) is 31.2 Å². The van der Waals surface area contributed by atoms with Gasteiger partial charge in [0.05, 0.1) is 17.7 Å². The van der Waals surface area contributed by atoms with Gasteiger partial charge >= 0.3 is 0 Å². The third-order valence-electron chi connectivity index (χ3n) is 2.27. The molecular formula is C12H13NO2S. The highest BCUT2D eigenvalue weighted by atomic mass is 32.1. The number of aryl methyl sites for hydroxylation is 1. The van der Waals surface area contributed by atoms with E-state index in [0.717, 1.165) is 15.5 Å². The van der Waals surface area contributed by atoms with Crippen molar-refractivity contribution in [2.45, 2.75) is 13.5 Å². The van der Waals surface area contributed by atoms with Crippen molar-refractivity contribution in [1.82, 2.24) is 4.90 Å². The Hall–Kier alpha value is -1.55. The Labute approximate surface area is 98.3 Å². The van der Waals surface area contributed by atoms with E-state index in [1.54, 1.807) is 18.2 Å². The van der Waals surface area contributed by atoms with E-state index in [1.165, 1.54) is 11.3 Å². The first kappa shape index (κ1) is 11.0. The van der Waals surface area contributed by atoms with Crippen molar-refractivity contribution in [1.29, 1.82) is 0 Å². The van der Waals surface area contributed by atoms with Crippen LogP contribution in [0, 0.1) is 6.92 Å². The Morgan fingerprint density at radius 1 is 1.44 bits per heavy atom. The highest BCUT2D eigenvalue weighted by molar-refractivity contribution is 7.13. The van der Waals surface area contributed by atoms with Crippen molar-refractivity contribution in [3.63, 3.8) is 0 Å². The molecule has 2 rings (SSSR count). The van der Waals surface area contributed by atoms with Crippen LogP contribution in [-0.2, 0) is 6.54 Å². The molecular weight excluding hydrogens is 222 g/mol. The van der Waals surface area contributed by atoms with Gasteiger partial charge in [-0.2, -0.15) is 0 Å². The molecule has 0 bridgehead atoms. The SMILES string of the molecule is Cc1ccc(C(=O)N(C)Cc2ccco2)s1. The number of thiophene rings is 1. The molecule has 0 aliphatic rings. The first-order valence-electron chi connectivity index (χ1n) is 5.01. The number of rotatable bonds is 3. The van der Waals surface area contributed by atoms with Crippen molar-refractivity contribution in [3.05, 3.63) is 46.0 Å². The minimum atomic E-state index is 0.0366. The molecule has 0 atom stereocenters. The van der Waals surface area contributed by atoms with Crippen molar-refractivity contribution in [3.8, 4) is 0 Å². The number of hydrogen-bond donors (Lipinski definition) is 0. The van der Waals surface area contributed by atoms with Crippen molar-refractivity contribution in [2.24, 2.45) is 0 Å². The van der Waals surface area contributed by atoms with Crippen LogP contribution in [-0.4, -0.2) is 17.9 Å². The molecule has 1 amide bonds. The van der Waals surface area contributed by atoms with Crippen LogP contribution >= 0.6 is 11.3 Å². The summed E-state index contributed by atoms with van der Waals surface area (Å²) in [5, 5.41) is 0. The topological polar surface area (TPSA) is 33.5 Å². The van der Waals surface area contributed by atoms with E-state index in [1.807, 2.05) is 31.2 Å². The third kappa shape index (κ3) is 2.33. The van der Waals surface area contributed by atoms with E-state index in [4.69, 9.17) is 4.42 Å². The second-order valence-corrected chi connectivity index (χ2v) is 4.94. The Balaban J connectivity index is 2.05. The Morgan fingerprint density at radius 2 is 2.25 bits per heavy atom. The summed E-state index contributed by atoms with van der Waals surface area (Å²) >= 11 is 1.51. The van der Waals surface area contributed by atoms with E-state index in [9.17, 15) is 4.79 Å². The van der Waals surface area contributed by atoms with Crippen molar-refractivity contribution >= 4 is 17.2 Å². The van der Waals surface area contributed by atoms with E-state index in [0.29, 0.717) is 6.54 Å². The fourth-order valence-electron chi connectivity index (χ4n) is 1.45. The van der Waals surface area contributed by atoms with Crippen molar-refractivity contribution < 1.29 is 9.21 Å². The standard InChI is InChI=1S/C12H13NO2S/c1-9-5-6-11(16-9)12(14)13(2)8-10-4-3-7-15-10/h3-7H,8H2,1-2H3. The molecule has 0 saturated heterocycles. The first-order valence-corrected chi connectivity index (χ1v) is 5.83. The number of carbonyl (C=O) groups excluding carboxylic acids is 1. The van der Waals surface area contributed by atoms with E-state index in [-0.39, 0.29) is 5.91 Å².